The number of carbonyl (C=O) groups excluding carboxylic acids is 1. The van der Waals surface area contributed by atoms with Gasteiger partial charge in [-0.1, -0.05) is 0 Å². The minimum Gasteiger partial charge on any atom is -0.389 e. The normalized spacial score (nSPS) is 12.6. The highest BCUT2D eigenvalue weighted by molar-refractivity contribution is 5.95. The highest BCUT2D eigenvalue weighted by Crippen LogP contribution is 2.10. The number of aromatic nitrogens is 4. The van der Waals surface area contributed by atoms with Crippen LogP contribution in [0.5, 0.6) is 0 Å². The van der Waals surface area contributed by atoms with Gasteiger partial charge in [-0.25, -0.2) is 9.50 Å². The fraction of sp³-hybridized carbons (Fsp3) is 0.500. The van der Waals surface area contributed by atoms with E-state index in [4.69, 9.17) is 4.74 Å². The molecule has 0 spiro atoms. The predicted octanol–water partition coefficient (Wildman–Crippen LogP) is -0.488. The number of fused-ring (bicyclic) bond motifs is 1. The molecule has 0 bridgehead atoms. The Balaban J connectivity index is 2.20. The van der Waals surface area contributed by atoms with E-state index in [0.717, 1.165) is 0 Å². The van der Waals surface area contributed by atoms with E-state index in [1.165, 1.54) is 29.0 Å². The summed E-state index contributed by atoms with van der Waals surface area (Å²) >= 11 is 0. The van der Waals surface area contributed by atoms with Gasteiger partial charge in [0.1, 0.15) is 6.33 Å². The van der Waals surface area contributed by atoms with Gasteiger partial charge < -0.3 is 14.7 Å². The maximum absolute atomic E-state index is 12.3. The number of methoxy groups -OCH3 is 1. The molecule has 2 aromatic rings. The largest absolute Gasteiger partial charge is 0.389 e. The van der Waals surface area contributed by atoms with Crippen LogP contribution in [0.2, 0.25) is 0 Å². The molecule has 0 fully saturated rings. The van der Waals surface area contributed by atoms with Crippen molar-refractivity contribution in [3.63, 3.8) is 0 Å². The van der Waals surface area contributed by atoms with Crippen molar-refractivity contribution in [1.82, 2.24) is 24.5 Å². The fourth-order valence-electron chi connectivity index (χ4n) is 1.95. The second-order valence-electron chi connectivity index (χ2n) is 4.52. The van der Waals surface area contributed by atoms with Crippen LogP contribution in [0, 0.1) is 6.92 Å². The summed E-state index contributed by atoms with van der Waals surface area (Å²) in [7, 11) is 3.12. The van der Waals surface area contributed by atoms with Crippen LogP contribution >= 0.6 is 0 Å². The summed E-state index contributed by atoms with van der Waals surface area (Å²) in [5.41, 5.74) is 1.08. The molecule has 1 unspecified atom stereocenters. The van der Waals surface area contributed by atoms with E-state index < -0.39 is 6.10 Å². The number of carbonyl (C=O) groups is 1. The third-order valence-electron chi connectivity index (χ3n) is 2.97. The quantitative estimate of drug-likeness (QED) is 0.794. The molecule has 0 aliphatic heterocycles. The number of nitrogens with zero attached hydrogens (tertiary/aromatic N) is 5. The monoisotopic (exact) mass is 279 g/mol. The van der Waals surface area contributed by atoms with Gasteiger partial charge in [-0.05, 0) is 6.92 Å². The summed E-state index contributed by atoms with van der Waals surface area (Å²) in [6.45, 7) is 2.13. The first kappa shape index (κ1) is 14.4. The standard InChI is InChI=1S/C12H17N5O3/c1-8-10(4-13-12-14-7-15-17(8)12)11(19)16(2)5-9(18)6-20-3/h4,7,9,18H,5-6H2,1-3H3. The maximum atomic E-state index is 12.3. The SMILES string of the molecule is COCC(O)CN(C)C(=O)c1cnc2ncnn2c1C. The minimum atomic E-state index is -0.725. The molecule has 108 valence electrons. The number of ether oxygens (including phenoxy) is 1. The van der Waals surface area contributed by atoms with Gasteiger partial charge in [0.25, 0.3) is 11.7 Å². The number of aliphatic hydroxyl groups excluding tert-OH is 1. The molecule has 0 aliphatic carbocycles. The lowest BCUT2D eigenvalue weighted by atomic mass is 10.2. The molecular weight excluding hydrogens is 262 g/mol. The van der Waals surface area contributed by atoms with Crippen molar-refractivity contribution in [2.45, 2.75) is 13.0 Å². The number of aliphatic hydroxyl groups is 1. The van der Waals surface area contributed by atoms with Gasteiger partial charge in [-0.3, -0.25) is 4.79 Å². The van der Waals surface area contributed by atoms with Gasteiger partial charge in [0.05, 0.1) is 24.0 Å². The summed E-state index contributed by atoms with van der Waals surface area (Å²) < 4.78 is 6.34. The van der Waals surface area contributed by atoms with Gasteiger partial charge in [0.15, 0.2) is 0 Å². The molecule has 8 heteroatoms. The topological polar surface area (TPSA) is 92.9 Å². The van der Waals surface area contributed by atoms with E-state index in [-0.39, 0.29) is 19.1 Å². The van der Waals surface area contributed by atoms with Crippen LogP contribution in [-0.2, 0) is 4.74 Å². The third kappa shape index (κ3) is 2.75. The smallest absolute Gasteiger partial charge is 0.257 e. The molecule has 8 nitrogen and oxygen atoms in total. The van der Waals surface area contributed by atoms with Crippen LogP contribution < -0.4 is 0 Å². The molecule has 0 aromatic carbocycles. The highest BCUT2D eigenvalue weighted by Gasteiger charge is 2.19. The zero-order chi connectivity index (χ0) is 14.7. The lowest BCUT2D eigenvalue weighted by Crippen LogP contribution is -2.36. The van der Waals surface area contributed by atoms with E-state index in [0.29, 0.717) is 17.0 Å². The van der Waals surface area contributed by atoms with Crippen molar-refractivity contribution in [2.24, 2.45) is 0 Å². The Hall–Kier alpha value is -2.06. The Morgan fingerprint density at radius 1 is 1.55 bits per heavy atom. The highest BCUT2D eigenvalue weighted by atomic mass is 16.5. The van der Waals surface area contributed by atoms with Gasteiger partial charge in [0, 0.05) is 26.9 Å². The first-order valence-corrected chi connectivity index (χ1v) is 6.12. The zero-order valence-electron chi connectivity index (χ0n) is 11.6. The Morgan fingerprint density at radius 3 is 3.00 bits per heavy atom. The second kappa shape index (κ2) is 5.93. The molecule has 0 aliphatic rings. The van der Waals surface area contributed by atoms with Gasteiger partial charge in [-0.15, -0.1) is 0 Å². The average Bonchev–Trinajstić information content (AvgIpc) is 2.88. The summed E-state index contributed by atoms with van der Waals surface area (Å²) in [4.78, 5) is 21.8. The molecule has 20 heavy (non-hydrogen) atoms. The average molecular weight is 279 g/mol. The summed E-state index contributed by atoms with van der Waals surface area (Å²) in [6.07, 6.45) is 2.13. The van der Waals surface area contributed by atoms with Gasteiger partial charge in [0.2, 0.25) is 0 Å². The molecule has 0 radical (unpaired) electrons. The van der Waals surface area contributed by atoms with Crippen molar-refractivity contribution < 1.29 is 14.6 Å². The third-order valence-corrected chi connectivity index (χ3v) is 2.97. The Bertz CT molecular complexity index is 612. The predicted molar refractivity (Wildman–Crippen MR) is 70.4 cm³/mol. The van der Waals surface area contributed by atoms with Crippen LogP contribution in [0.15, 0.2) is 12.5 Å². The van der Waals surface area contributed by atoms with Crippen LogP contribution in [0.4, 0.5) is 0 Å². The van der Waals surface area contributed by atoms with E-state index in [9.17, 15) is 9.90 Å². The number of hydrogen-bond donors (Lipinski definition) is 1. The van der Waals surface area contributed by atoms with Crippen LogP contribution in [0.25, 0.3) is 5.78 Å². The second-order valence-corrected chi connectivity index (χ2v) is 4.52. The van der Waals surface area contributed by atoms with Crippen LogP contribution in [0.3, 0.4) is 0 Å². The number of aryl methyl sites for hydroxylation is 1. The Labute approximate surface area is 116 Å². The lowest BCUT2D eigenvalue weighted by Gasteiger charge is -2.21. The number of rotatable bonds is 5. The van der Waals surface area contributed by atoms with Crippen molar-refractivity contribution in [3.8, 4) is 0 Å². The summed E-state index contributed by atoms with van der Waals surface area (Å²) in [6, 6.07) is 0. The molecule has 0 saturated carbocycles. The van der Waals surface area contributed by atoms with Crippen molar-refractivity contribution in [2.75, 3.05) is 27.3 Å². The fourth-order valence-corrected chi connectivity index (χ4v) is 1.95. The van der Waals surface area contributed by atoms with Gasteiger partial charge >= 0.3 is 0 Å². The molecular formula is C12H17N5O3. The summed E-state index contributed by atoms with van der Waals surface area (Å²) in [5, 5.41) is 13.7. The molecule has 1 amide bonds. The first-order valence-electron chi connectivity index (χ1n) is 6.12. The zero-order valence-corrected chi connectivity index (χ0v) is 11.6. The van der Waals surface area contributed by atoms with Crippen LogP contribution in [0.1, 0.15) is 16.1 Å². The first-order chi connectivity index (χ1) is 9.54. The van der Waals surface area contributed by atoms with E-state index in [2.05, 4.69) is 15.1 Å². The molecule has 2 rings (SSSR count). The molecule has 0 saturated heterocycles. The number of amides is 1. The lowest BCUT2D eigenvalue weighted by molar-refractivity contribution is 0.0379. The Morgan fingerprint density at radius 2 is 2.30 bits per heavy atom. The molecule has 2 heterocycles. The van der Waals surface area contributed by atoms with E-state index in [1.807, 2.05) is 0 Å². The van der Waals surface area contributed by atoms with Crippen molar-refractivity contribution in [3.05, 3.63) is 23.8 Å². The van der Waals surface area contributed by atoms with Crippen molar-refractivity contribution >= 4 is 11.7 Å². The Kier molecular flexibility index (Phi) is 4.26. The van der Waals surface area contributed by atoms with E-state index in [1.54, 1.807) is 14.0 Å². The minimum absolute atomic E-state index is 0.178. The van der Waals surface area contributed by atoms with Crippen LogP contribution in [-0.4, -0.2) is 68.9 Å². The van der Waals surface area contributed by atoms with Crippen molar-refractivity contribution in [1.29, 1.82) is 0 Å². The molecule has 2 aromatic heterocycles. The molecule has 1 N–H and O–H groups in total. The van der Waals surface area contributed by atoms with Gasteiger partial charge in [-0.2, -0.15) is 10.1 Å². The number of hydrogen-bond acceptors (Lipinski definition) is 6. The number of likely N-dealkylation sites (N-methyl/N-ethyl adjacent to an activating group) is 1. The molecule has 1 atom stereocenters. The maximum Gasteiger partial charge on any atom is 0.257 e. The van der Waals surface area contributed by atoms with E-state index >= 15 is 0 Å². The summed E-state index contributed by atoms with van der Waals surface area (Å²) in [5.74, 6) is 0.212.